The fraction of sp³-hybridized carbons (Fsp3) is 0.500. The SMILES string of the molecule is CC/C=C\C(C=C(C)C)=C(C)C. The van der Waals surface area contributed by atoms with Crippen LogP contribution in [-0.2, 0) is 0 Å². The quantitative estimate of drug-likeness (QED) is 0.547. The highest BCUT2D eigenvalue weighted by Crippen LogP contribution is 2.09. The zero-order chi connectivity index (χ0) is 9.56. The second kappa shape index (κ2) is 5.82. The molecule has 0 aromatic carbocycles. The van der Waals surface area contributed by atoms with Gasteiger partial charge in [-0.15, -0.1) is 0 Å². The fourth-order valence-corrected chi connectivity index (χ4v) is 0.915. The topological polar surface area (TPSA) is 0 Å². The van der Waals surface area contributed by atoms with Gasteiger partial charge >= 0.3 is 0 Å². The van der Waals surface area contributed by atoms with Crippen LogP contribution in [0, 0.1) is 0 Å². The molecule has 0 N–H and O–H groups in total. The number of allylic oxidation sites excluding steroid dienone is 6. The van der Waals surface area contributed by atoms with E-state index in [0.29, 0.717) is 0 Å². The van der Waals surface area contributed by atoms with Crippen LogP contribution in [0.5, 0.6) is 0 Å². The number of hydrogen-bond donors (Lipinski definition) is 0. The van der Waals surface area contributed by atoms with Gasteiger partial charge in [0.15, 0.2) is 0 Å². The molecule has 0 aromatic heterocycles. The summed E-state index contributed by atoms with van der Waals surface area (Å²) in [5.41, 5.74) is 4.07. The predicted molar refractivity (Wildman–Crippen MR) is 57.2 cm³/mol. The first-order valence-corrected chi connectivity index (χ1v) is 4.56. The van der Waals surface area contributed by atoms with E-state index in [4.69, 9.17) is 0 Å². The lowest BCUT2D eigenvalue weighted by Gasteiger charge is -1.99. The predicted octanol–water partition coefficient (Wildman–Crippen LogP) is 4.26. The molecule has 0 radical (unpaired) electrons. The van der Waals surface area contributed by atoms with E-state index in [0.717, 1.165) is 6.42 Å². The molecule has 0 aromatic rings. The van der Waals surface area contributed by atoms with Crippen molar-refractivity contribution in [3.8, 4) is 0 Å². The van der Waals surface area contributed by atoms with Gasteiger partial charge in [0.2, 0.25) is 0 Å². The number of rotatable bonds is 3. The Labute approximate surface area is 76.7 Å². The molecule has 12 heavy (non-hydrogen) atoms. The van der Waals surface area contributed by atoms with Crippen LogP contribution in [0.4, 0.5) is 0 Å². The van der Waals surface area contributed by atoms with Crippen LogP contribution in [0.25, 0.3) is 0 Å². The van der Waals surface area contributed by atoms with Crippen molar-refractivity contribution in [3.63, 3.8) is 0 Å². The molecular weight excluding hydrogens is 144 g/mol. The second-order valence-corrected chi connectivity index (χ2v) is 3.49. The molecule has 0 atom stereocenters. The van der Waals surface area contributed by atoms with Crippen molar-refractivity contribution >= 4 is 0 Å². The van der Waals surface area contributed by atoms with E-state index in [1.165, 1.54) is 16.7 Å². The highest BCUT2D eigenvalue weighted by molar-refractivity contribution is 5.35. The molecule has 0 heterocycles. The van der Waals surface area contributed by atoms with E-state index in [-0.39, 0.29) is 0 Å². The van der Waals surface area contributed by atoms with Gasteiger partial charge in [0.25, 0.3) is 0 Å². The van der Waals surface area contributed by atoms with Gasteiger partial charge in [-0.1, -0.05) is 36.3 Å². The molecule has 0 bridgehead atoms. The van der Waals surface area contributed by atoms with Crippen LogP contribution >= 0.6 is 0 Å². The molecule has 0 spiro atoms. The fourth-order valence-electron chi connectivity index (χ4n) is 0.915. The van der Waals surface area contributed by atoms with Crippen LogP contribution in [0.15, 0.2) is 34.9 Å². The zero-order valence-corrected chi connectivity index (χ0v) is 8.94. The Hall–Kier alpha value is -0.780. The van der Waals surface area contributed by atoms with E-state index < -0.39 is 0 Å². The van der Waals surface area contributed by atoms with Gasteiger partial charge in [-0.25, -0.2) is 0 Å². The first-order valence-electron chi connectivity index (χ1n) is 4.56. The van der Waals surface area contributed by atoms with Crippen LogP contribution < -0.4 is 0 Å². The Morgan fingerprint density at radius 1 is 1.08 bits per heavy atom. The average Bonchev–Trinajstić information content (AvgIpc) is 1.96. The van der Waals surface area contributed by atoms with Gasteiger partial charge in [0.05, 0.1) is 0 Å². The van der Waals surface area contributed by atoms with Crippen molar-refractivity contribution in [2.75, 3.05) is 0 Å². The molecule has 68 valence electrons. The lowest BCUT2D eigenvalue weighted by Crippen LogP contribution is -1.78. The van der Waals surface area contributed by atoms with Crippen molar-refractivity contribution in [2.45, 2.75) is 41.0 Å². The minimum atomic E-state index is 1.10. The zero-order valence-electron chi connectivity index (χ0n) is 8.94. The normalized spacial score (nSPS) is 10.1. The van der Waals surface area contributed by atoms with Crippen LogP contribution in [0.3, 0.4) is 0 Å². The maximum atomic E-state index is 2.22. The minimum Gasteiger partial charge on any atom is -0.0842 e. The molecule has 0 rings (SSSR count). The van der Waals surface area contributed by atoms with Crippen LogP contribution in [0.1, 0.15) is 41.0 Å². The van der Waals surface area contributed by atoms with E-state index in [9.17, 15) is 0 Å². The van der Waals surface area contributed by atoms with Crippen molar-refractivity contribution in [1.29, 1.82) is 0 Å². The van der Waals surface area contributed by atoms with Crippen molar-refractivity contribution < 1.29 is 0 Å². The molecule has 0 heteroatoms. The van der Waals surface area contributed by atoms with E-state index >= 15 is 0 Å². The lowest BCUT2D eigenvalue weighted by molar-refractivity contribution is 1.21. The summed E-state index contributed by atoms with van der Waals surface area (Å²) in [5, 5.41) is 0. The Balaban J connectivity index is 4.60. The van der Waals surface area contributed by atoms with Crippen LogP contribution in [0.2, 0.25) is 0 Å². The second-order valence-electron chi connectivity index (χ2n) is 3.49. The van der Waals surface area contributed by atoms with Gasteiger partial charge in [-0.3, -0.25) is 0 Å². The lowest BCUT2D eigenvalue weighted by atomic mass is 10.1. The molecular formula is C12H20. The first kappa shape index (κ1) is 11.2. The summed E-state index contributed by atoms with van der Waals surface area (Å²) >= 11 is 0. The summed E-state index contributed by atoms with van der Waals surface area (Å²) in [6, 6.07) is 0. The summed E-state index contributed by atoms with van der Waals surface area (Å²) in [5.74, 6) is 0. The first-order chi connectivity index (χ1) is 5.57. The van der Waals surface area contributed by atoms with Gasteiger partial charge in [0, 0.05) is 0 Å². The van der Waals surface area contributed by atoms with Gasteiger partial charge in [-0.2, -0.15) is 0 Å². The maximum Gasteiger partial charge on any atom is -0.0274 e. The molecule has 0 aliphatic heterocycles. The van der Waals surface area contributed by atoms with E-state index in [1.807, 2.05) is 0 Å². The molecule has 0 aliphatic rings. The average molecular weight is 164 g/mol. The van der Waals surface area contributed by atoms with Gasteiger partial charge < -0.3 is 0 Å². The van der Waals surface area contributed by atoms with E-state index in [1.54, 1.807) is 0 Å². The molecule has 0 aliphatic carbocycles. The molecule has 0 fully saturated rings. The molecule has 0 unspecified atom stereocenters. The van der Waals surface area contributed by atoms with Crippen LogP contribution in [-0.4, -0.2) is 0 Å². The highest BCUT2D eigenvalue weighted by Gasteiger charge is 1.89. The molecule has 0 saturated heterocycles. The van der Waals surface area contributed by atoms with Gasteiger partial charge in [-0.05, 0) is 39.7 Å². The third-order valence-electron chi connectivity index (χ3n) is 1.55. The smallest absolute Gasteiger partial charge is 0.0274 e. The molecule has 0 nitrogen and oxygen atoms in total. The third-order valence-corrected chi connectivity index (χ3v) is 1.55. The standard InChI is InChI=1S/C12H20/c1-6-7-8-12(11(4)5)9-10(2)3/h7-9H,6H2,1-5H3/b8-7-. The largest absolute Gasteiger partial charge is 0.0842 e. The minimum absolute atomic E-state index is 1.10. The summed E-state index contributed by atoms with van der Waals surface area (Å²) in [6.45, 7) is 10.7. The summed E-state index contributed by atoms with van der Waals surface area (Å²) in [4.78, 5) is 0. The molecule has 0 saturated carbocycles. The monoisotopic (exact) mass is 164 g/mol. The summed E-state index contributed by atoms with van der Waals surface area (Å²) in [7, 11) is 0. The maximum absolute atomic E-state index is 2.22. The molecule has 0 amide bonds. The Morgan fingerprint density at radius 2 is 1.67 bits per heavy atom. The summed E-state index contributed by atoms with van der Waals surface area (Å²) < 4.78 is 0. The Kier molecular flexibility index (Phi) is 5.44. The van der Waals surface area contributed by atoms with Crippen molar-refractivity contribution in [2.24, 2.45) is 0 Å². The highest BCUT2D eigenvalue weighted by atomic mass is 14.0. The Morgan fingerprint density at radius 3 is 2.00 bits per heavy atom. The van der Waals surface area contributed by atoms with E-state index in [2.05, 4.69) is 52.8 Å². The van der Waals surface area contributed by atoms with Crippen molar-refractivity contribution in [3.05, 3.63) is 34.9 Å². The van der Waals surface area contributed by atoms with Crippen molar-refractivity contribution in [1.82, 2.24) is 0 Å². The number of hydrogen-bond acceptors (Lipinski definition) is 0. The summed E-state index contributed by atoms with van der Waals surface area (Å²) in [6.07, 6.45) is 7.72. The van der Waals surface area contributed by atoms with Gasteiger partial charge in [0.1, 0.15) is 0 Å². The third kappa shape index (κ3) is 4.95. The Bertz CT molecular complexity index is 206.